The Hall–Kier alpha value is -1.07. The molecule has 5 heteroatoms. The lowest BCUT2D eigenvalue weighted by atomic mass is 9.92. The second-order valence-electron chi connectivity index (χ2n) is 5.71. The van der Waals surface area contributed by atoms with Crippen molar-refractivity contribution in [1.82, 2.24) is 10.2 Å². The standard InChI is InChI=1S/C16H23F3N2/c1-3-8-21-9-7-13(11-20-2)15(21)12-5-4-6-14(10-12)16(17,18)19/h4-6,10,13,15,20H,3,7-9,11H2,1-2H3. The highest BCUT2D eigenvalue weighted by molar-refractivity contribution is 5.29. The molecular formula is C16H23F3N2. The molecule has 1 aromatic rings. The number of hydrogen-bond acceptors (Lipinski definition) is 2. The number of hydrogen-bond donors (Lipinski definition) is 1. The van der Waals surface area contributed by atoms with Gasteiger partial charge in [-0.2, -0.15) is 13.2 Å². The first kappa shape index (κ1) is 16.3. The van der Waals surface area contributed by atoms with Gasteiger partial charge in [0, 0.05) is 6.04 Å². The van der Waals surface area contributed by atoms with Crippen molar-refractivity contribution in [2.45, 2.75) is 32.0 Å². The van der Waals surface area contributed by atoms with Gasteiger partial charge in [0.05, 0.1) is 5.56 Å². The third-order valence-electron chi connectivity index (χ3n) is 4.16. The summed E-state index contributed by atoms with van der Waals surface area (Å²) in [5, 5.41) is 3.17. The molecule has 0 aromatic heterocycles. The summed E-state index contributed by atoms with van der Waals surface area (Å²) in [4.78, 5) is 2.32. The van der Waals surface area contributed by atoms with Gasteiger partial charge in [0.15, 0.2) is 0 Å². The van der Waals surface area contributed by atoms with Crippen molar-refractivity contribution in [3.63, 3.8) is 0 Å². The van der Waals surface area contributed by atoms with E-state index in [-0.39, 0.29) is 6.04 Å². The Morgan fingerprint density at radius 1 is 1.33 bits per heavy atom. The van der Waals surface area contributed by atoms with Gasteiger partial charge < -0.3 is 5.32 Å². The van der Waals surface area contributed by atoms with E-state index in [4.69, 9.17) is 0 Å². The molecule has 0 spiro atoms. The summed E-state index contributed by atoms with van der Waals surface area (Å²) < 4.78 is 38.8. The second-order valence-corrected chi connectivity index (χ2v) is 5.71. The van der Waals surface area contributed by atoms with Crippen LogP contribution < -0.4 is 5.32 Å². The molecule has 2 nitrogen and oxygen atoms in total. The van der Waals surface area contributed by atoms with E-state index in [1.807, 2.05) is 13.1 Å². The van der Waals surface area contributed by atoms with Crippen molar-refractivity contribution in [3.05, 3.63) is 35.4 Å². The molecule has 0 bridgehead atoms. The fourth-order valence-electron chi connectivity index (χ4n) is 3.32. The molecule has 1 fully saturated rings. The van der Waals surface area contributed by atoms with Gasteiger partial charge >= 0.3 is 6.18 Å². The number of halogens is 3. The molecule has 1 aliphatic rings. The van der Waals surface area contributed by atoms with E-state index >= 15 is 0 Å². The topological polar surface area (TPSA) is 15.3 Å². The van der Waals surface area contributed by atoms with Gasteiger partial charge in [-0.15, -0.1) is 0 Å². The van der Waals surface area contributed by atoms with Crippen LogP contribution in [0.2, 0.25) is 0 Å². The third kappa shape index (κ3) is 3.77. The van der Waals surface area contributed by atoms with E-state index in [0.717, 1.165) is 44.1 Å². The zero-order valence-corrected chi connectivity index (χ0v) is 12.6. The first-order chi connectivity index (χ1) is 9.97. The SMILES string of the molecule is CCCN1CCC(CNC)C1c1cccc(C(F)(F)F)c1. The molecule has 118 valence electrons. The van der Waals surface area contributed by atoms with Crippen molar-refractivity contribution in [3.8, 4) is 0 Å². The highest BCUT2D eigenvalue weighted by atomic mass is 19.4. The zero-order valence-electron chi connectivity index (χ0n) is 12.6. The second kappa shape index (κ2) is 6.79. The van der Waals surface area contributed by atoms with Crippen LogP contribution in [0.15, 0.2) is 24.3 Å². The fraction of sp³-hybridized carbons (Fsp3) is 0.625. The van der Waals surface area contributed by atoms with Crippen molar-refractivity contribution in [2.24, 2.45) is 5.92 Å². The van der Waals surface area contributed by atoms with Crippen molar-refractivity contribution in [1.29, 1.82) is 0 Å². The maximum absolute atomic E-state index is 12.9. The summed E-state index contributed by atoms with van der Waals surface area (Å²) in [6.07, 6.45) is -2.23. The molecule has 2 atom stereocenters. The van der Waals surface area contributed by atoms with E-state index in [9.17, 15) is 13.2 Å². The first-order valence-electron chi connectivity index (χ1n) is 7.53. The monoisotopic (exact) mass is 300 g/mol. The normalized spacial score (nSPS) is 23.7. The van der Waals surface area contributed by atoms with Crippen molar-refractivity contribution in [2.75, 3.05) is 26.7 Å². The van der Waals surface area contributed by atoms with Gasteiger partial charge in [0.2, 0.25) is 0 Å². The molecule has 0 aliphatic carbocycles. The first-order valence-corrected chi connectivity index (χ1v) is 7.53. The average molecular weight is 300 g/mol. The molecule has 1 aliphatic heterocycles. The van der Waals surface area contributed by atoms with Crippen LogP contribution in [0, 0.1) is 5.92 Å². The molecular weight excluding hydrogens is 277 g/mol. The minimum atomic E-state index is -4.28. The Labute approximate surface area is 124 Å². The number of likely N-dealkylation sites (tertiary alicyclic amines) is 1. The molecule has 2 unspecified atom stereocenters. The molecule has 1 saturated heterocycles. The molecule has 1 aromatic carbocycles. The smallest absolute Gasteiger partial charge is 0.319 e. The lowest BCUT2D eigenvalue weighted by Crippen LogP contribution is -2.30. The molecule has 1 N–H and O–H groups in total. The van der Waals surface area contributed by atoms with Crippen LogP contribution in [0.3, 0.4) is 0 Å². The van der Waals surface area contributed by atoms with Gasteiger partial charge in [-0.1, -0.05) is 19.1 Å². The molecule has 0 amide bonds. The minimum absolute atomic E-state index is 0.0831. The van der Waals surface area contributed by atoms with Crippen LogP contribution in [0.4, 0.5) is 13.2 Å². The summed E-state index contributed by atoms with van der Waals surface area (Å²) in [7, 11) is 1.89. The Bertz CT molecular complexity index is 445. The lowest BCUT2D eigenvalue weighted by molar-refractivity contribution is -0.137. The van der Waals surface area contributed by atoms with Crippen LogP contribution in [0.5, 0.6) is 0 Å². The number of nitrogens with zero attached hydrogens (tertiary/aromatic N) is 1. The Balaban J connectivity index is 2.30. The molecule has 21 heavy (non-hydrogen) atoms. The predicted octanol–water partition coefficient (Wildman–Crippen LogP) is 3.70. The Morgan fingerprint density at radius 3 is 2.71 bits per heavy atom. The van der Waals surface area contributed by atoms with Gasteiger partial charge in [-0.3, -0.25) is 4.90 Å². The summed E-state index contributed by atoms with van der Waals surface area (Å²) in [6, 6.07) is 5.91. The maximum atomic E-state index is 12.9. The van der Waals surface area contributed by atoms with Gasteiger partial charge in [0.25, 0.3) is 0 Å². The van der Waals surface area contributed by atoms with Gasteiger partial charge in [-0.05, 0) is 63.1 Å². The van der Waals surface area contributed by atoms with E-state index in [1.165, 1.54) is 12.1 Å². The van der Waals surface area contributed by atoms with Crippen molar-refractivity contribution < 1.29 is 13.2 Å². The number of benzene rings is 1. The number of rotatable bonds is 5. The third-order valence-corrected chi connectivity index (χ3v) is 4.16. The van der Waals surface area contributed by atoms with Gasteiger partial charge in [-0.25, -0.2) is 0 Å². The predicted molar refractivity (Wildman–Crippen MR) is 78.1 cm³/mol. The van der Waals surface area contributed by atoms with Crippen LogP contribution in [-0.2, 0) is 6.18 Å². The Kier molecular flexibility index (Phi) is 5.27. The minimum Gasteiger partial charge on any atom is -0.319 e. The Morgan fingerprint density at radius 2 is 2.10 bits per heavy atom. The number of nitrogens with one attached hydrogen (secondary N) is 1. The largest absolute Gasteiger partial charge is 0.416 e. The van der Waals surface area contributed by atoms with E-state index in [1.54, 1.807) is 0 Å². The highest BCUT2D eigenvalue weighted by Gasteiger charge is 2.36. The van der Waals surface area contributed by atoms with E-state index in [0.29, 0.717) is 5.92 Å². The quantitative estimate of drug-likeness (QED) is 0.892. The molecule has 0 saturated carbocycles. The molecule has 1 heterocycles. The van der Waals surface area contributed by atoms with Crippen molar-refractivity contribution >= 4 is 0 Å². The zero-order chi connectivity index (χ0) is 15.5. The van der Waals surface area contributed by atoms with Crippen LogP contribution in [-0.4, -0.2) is 31.6 Å². The molecule has 2 rings (SSSR count). The van der Waals surface area contributed by atoms with Crippen LogP contribution >= 0.6 is 0 Å². The lowest BCUT2D eigenvalue weighted by Gasteiger charge is -2.29. The average Bonchev–Trinajstić information content (AvgIpc) is 2.82. The van der Waals surface area contributed by atoms with E-state index in [2.05, 4.69) is 17.1 Å². The summed E-state index contributed by atoms with van der Waals surface area (Å²) in [6.45, 7) is 4.83. The van der Waals surface area contributed by atoms with Gasteiger partial charge in [0.1, 0.15) is 0 Å². The fourth-order valence-corrected chi connectivity index (χ4v) is 3.32. The molecule has 0 radical (unpaired) electrons. The van der Waals surface area contributed by atoms with Crippen LogP contribution in [0.1, 0.15) is 36.9 Å². The maximum Gasteiger partial charge on any atom is 0.416 e. The van der Waals surface area contributed by atoms with Crippen LogP contribution in [0.25, 0.3) is 0 Å². The summed E-state index contributed by atoms with van der Waals surface area (Å²) >= 11 is 0. The number of alkyl halides is 3. The van der Waals surface area contributed by atoms with E-state index < -0.39 is 11.7 Å². The highest BCUT2D eigenvalue weighted by Crippen LogP contribution is 2.39. The summed E-state index contributed by atoms with van der Waals surface area (Å²) in [5.41, 5.74) is 0.239. The summed E-state index contributed by atoms with van der Waals surface area (Å²) in [5.74, 6) is 0.366.